The molecule has 110 valence electrons. The number of hydrogen-bond acceptors (Lipinski definition) is 5. The van der Waals surface area contributed by atoms with Crippen LogP contribution in [-0.2, 0) is 20.9 Å². The Morgan fingerprint density at radius 3 is 2.50 bits per heavy atom. The molecule has 1 aliphatic rings. The molecule has 0 saturated carbocycles. The molecule has 0 radical (unpaired) electrons. The molecule has 0 aromatic carbocycles. The highest BCUT2D eigenvalue weighted by Crippen LogP contribution is 2.14. The molecule has 1 aromatic rings. The molecule has 1 aliphatic heterocycles. The number of esters is 1. The van der Waals surface area contributed by atoms with Crippen LogP contribution in [0.3, 0.4) is 0 Å². The molecule has 0 spiro atoms. The third-order valence-electron chi connectivity index (χ3n) is 3.53. The summed E-state index contributed by atoms with van der Waals surface area (Å²) in [4.78, 5) is 25.2. The second-order valence-corrected chi connectivity index (χ2v) is 4.99. The van der Waals surface area contributed by atoms with Gasteiger partial charge in [0.2, 0.25) is 0 Å². The maximum absolute atomic E-state index is 11.7. The summed E-state index contributed by atoms with van der Waals surface area (Å²) in [6.07, 6.45) is 2.04. The van der Waals surface area contributed by atoms with Gasteiger partial charge in [-0.2, -0.15) is 5.10 Å². The maximum atomic E-state index is 11.7. The van der Waals surface area contributed by atoms with Crippen molar-refractivity contribution in [3.8, 4) is 0 Å². The van der Waals surface area contributed by atoms with E-state index in [0.717, 1.165) is 31.6 Å². The highest BCUT2D eigenvalue weighted by Gasteiger charge is 2.19. The van der Waals surface area contributed by atoms with Crippen LogP contribution in [-0.4, -0.2) is 46.3 Å². The van der Waals surface area contributed by atoms with Crippen LogP contribution in [0.4, 0.5) is 5.69 Å². The Kier molecular flexibility index (Phi) is 4.26. The van der Waals surface area contributed by atoms with Gasteiger partial charge in [-0.1, -0.05) is 0 Å². The van der Waals surface area contributed by atoms with Crippen LogP contribution >= 0.6 is 0 Å². The number of likely N-dealkylation sites (tertiary alicyclic amines) is 1. The Morgan fingerprint density at radius 2 is 1.95 bits per heavy atom. The fraction of sp³-hybridized carbons (Fsp3) is 0.615. The Balaban J connectivity index is 1.83. The van der Waals surface area contributed by atoms with Gasteiger partial charge < -0.3 is 15.4 Å². The number of rotatable bonds is 4. The van der Waals surface area contributed by atoms with E-state index in [0.29, 0.717) is 11.4 Å². The van der Waals surface area contributed by atoms with E-state index in [1.165, 1.54) is 4.68 Å². The van der Waals surface area contributed by atoms with Crippen LogP contribution in [0.5, 0.6) is 0 Å². The summed E-state index contributed by atoms with van der Waals surface area (Å²) in [5.41, 5.74) is 7.77. The third kappa shape index (κ3) is 3.09. The van der Waals surface area contributed by atoms with Gasteiger partial charge in [0.25, 0.3) is 5.91 Å². The molecular formula is C13H20N4O3. The van der Waals surface area contributed by atoms with Crippen LogP contribution in [0.1, 0.15) is 24.2 Å². The summed E-state index contributed by atoms with van der Waals surface area (Å²) in [5.74, 6) is -0.619. The predicted octanol–water partition coefficient (Wildman–Crippen LogP) is 0.248. The molecule has 2 N–H and O–H groups in total. The first-order chi connectivity index (χ1) is 9.49. The highest BCUT2D eigenvalue weighted by atomic mass is 16.5. The minimum absolute atomic E-state index is 0.0306. The average Bonchev–Trinajstić information content (AvgIpc) is 3.02. The number of nitrogen functional groups attached to an aromatic ring is 1. The fourth-order valence-corrected chi connectivity index (χ4v) is 2.23. The monoisotopic (exact) mass is 280 g/mol. The SMILES string of the molecule is Cc1nn(CC(=O)OCC(=O)N2CCCC2)c(C)c1N. The normalized spacial score (nSPS) is 14.6. The molecule has 1 aromatic heterocycles. The summed E-state index contributed by atoms with van der Waals surface area (Å²) >= 11 is 0. The summed E-state index contributed by atoms with van der Waals surface area (Å²) in [5, 5.41) is 4.15. The fourth-order valence-electron chi connectivity index (χ4n) is 2.23. The number of ether oxygens (including phenoxy) is 1. The lowest BCUT2D eigenvalue weighted by molar-refractivity contribution is -0.152. The molecule has 7 nitrogen and oxygen atoms in total. The number of nitrogens with two attached hydrogens (primary N) is 1. The van der Waals surface area contributed by atoms with E-state index in [2.05, 4.69) is 5.10 Å². The van der Waals surface area contributed by atoms with Gasteiger partial charge in [0.15, 0.2) is 6.61 Å². The van der Waals surface area contributed by atoms with Gasteiger partial charge in [0.05, 0.1) is 17.1 Å². The Labute approximate surface area is 117 Å². The van der Waals surface area contributed by atoms with E-state index in [9.17, 15) is 9.59 Å². The topological polar surface area (TPSA) is 90.5 Å². The Bertz CT molecular complexity index is 518. The Hall–Kier alpha value is -2.05. The zero-order chi connectivity index (χ0) is 14.7. The highest BCUT2D eigenvalue weighted by molar-refractivity contribution is 5.80. The van der Waals surface area contributed by atoms with Crippen molar-refractivity contribution in [2.45, 2.75) is 33.2 Å². The van der Waals surface area contributed by atoms with E-state index >= 15 is 0 Å². The number of aryl methyl sites for hydroxylation is 1. The van der Waals surface area contributed by atoms with E-state index in [1.54, 1.807) is 18.7 Å². The molecule has 2 rings (SSSR count). The van der Waals surface area contributed by atoms with Gasteiger partial charge in [-0.15, -0.1) is 0 Å². The number of nitrogens with zero attached hydrogens (tertiary/aromatic N) is 3. The molecular weight excluding hydrogens is 260 g/mol. The third-order valence-corrected chi connectivity index (χ3v) is 3.53. The van der Waals surface area contributed by atoms with Crippen molar-refractivity contribution in [3.63, 3.8) is 0 Å². The smallest absolute Gasteiger partial charge is 0.328 e. The molecule has 2 heterocycles. The number of carbonyl (C=O) groups is 2. The van der Waals surface area contributed by atoms with Crippen LogP contribution < -0.4 is 5.73 Å². The Morgan fingerprint density at radius 1 is 1.30 bits per heavy atom. The van der Waals surface area contributed by atoms with E-state index in [1.807, 2.05) is 0 Å². The number of hydrogen-bond donors (Lipinski definition) is 1. The van der Waals surface area contributed by atoms with Crippen molar-refractivity contribution in [2.75, 3.05) is 25.4 Å². The summed E-state index contributed by atoms with van der Waals surface area (Å²) in [6, 6.07) is 0. The van der Waals surface area contributed by atoms with Crippen molar-refractivity contribution in [1.29, 1.82) is 0 Å². The molecule has 0 aliphatic carbocycles. The first-order valence-electron chi connectivity index (χ1n) is 6.72. The number of amides is 1. The molecule has 0 atom stereocenters. The lowest BCUT2D eigenvalue weighted by atomic mass is 10.3. The van der Waals surface area contributed by atoms with E-state index < -0.39 is 5.97 Å². The van der Waals surface area contributed by atoms with E-state index in [4.69, 9.17) is 10.5 Å². The molecule has 1 amide bonds. The van der Waals surface area contributed by atoms with Gasteiger partial charge in [-0.3, -0.25) is 14.3 Å². The van der Waals surface area contributed by atoms with Crippen molar-refractivity contribution in [3.05, 3.63) is 11.4 Å². The predicted molar refractivity (Wildman–Crippen MR) is 72.9 cm³/mol. The summed E-state index contributed by atoms with van der Waals surface area (Å²) in [6.45, 7) is 4.85. The second-order valence-electron chi connectivity index (χ2n) is 4.99. The molecule has 0 unspecified atom stereocenters. The molecule has 0 bridgehead atoms. The minimum Gasteiger partial charge on any atom is -0.454 e. The number of anilines is 1. The maximum Gasteiger partial charge on any atom is 0.328 e. The summed E-state index contributed by atoms with van der Waals surface area (Å²) < 4.78 is 6.49. The van der Waals surface area contributed by atoms with Crippen LogP contribution in [0, 0.1) is 13.8 Å². The lowest BCUT2D eigenvalue weighted by Gasteiger charge is -2.15. The first kappa shape index (κ1) is 14.4. The molecule has 20 heavy (non-hydrogen) atoms. The van der Waals surface area contributed by atoms with Crippen molar-refractivity contribution >= 4 is 17.6 Å². The summed E-state index contributed by atoms with van der Waals surface area (Å²) in [7, 11) is 0. The second kappa shape index (κ2) is 5.94. The van der Waals surface area contributed by atoms with Crippen molar-refractivity contribution < 1.29 is 14.3 Å². The van der Waals surface area contributed by atoms with Crippen LogP contribution in [0.25, 0.3) is 0 Å². The average molecular weight is 280 g/mol. The zero-order valence-corrected chi connectivity index (χ0v) is 11.9. The van der Waals surface area contributed by atoms with Gasteiger partial charge in [-0.25, -0.2) is 0 Å². The largest absolute Gasteiger partial charge is 0.454 e. The van der Waals surface area contributed by atoms with Crippen LogP contribution in [0.2, 0.25) is 0 Å². The van der Waals surface area contributed by atoms with Crippen molar-refractivity contribution in [2.24, 2.45) is 0 Å². The van der Waals surface area contributed by atoms with Gasteiger partial charge in [0.1, 0.15) is 6.54 Å². The molecule has 1 saturated heterocycles. The lowest BCUT2D eigenvalue weighted by Crippen LogP contribution is -2.32. The van der Waals surface area contributed by atoms with Crippen LogP contribution in [0.15, 0.2) is 0 Å². The molecule has 7 heteroatoms. The van der Waals surface area contributed by atoms with E-state index in [-0.39, 0.29) is 19.1 Å². The standard InChI is InChI=1S/C13H20N4O3/c1-9-13(14)10(2)17(15-9)7-12(19)20-8-11(18)16-5-3-4-6-16/h3-8,14H2,1-2H3. The first-order valence-corrected chi connectivity index (χ1v) is 6.72. The minimum atomic E-state index is -0.483. The van der Waals surface area contributed by atoms with Gasteiger partial charge >= 0.3 is 5.97 Å². The quantitative estimate of drug-likeness (QED) is 0.798. The van der Waals surface area contributed by atoms with Crippen molar-refractivity contribution in [1.82, 2.24) is 14.7 Å². The van der Waals surface area contributed by atoms with Gasteiger partial charge in [-0.05, 0) is 26.7 Å². The number of aromatic nitrogens is 2. The zero-order valence-electron chi connectivity index (χ0n) is 11.9. The number of carbonyl (C=O) groups excluding carboxylic acids is 2. The molecule has 1 fully saturated rings. The van der Waals surface area contributed by atoms with Gasteiger partial charge in [0, 0.05) is 13.1 Å².